The number of ether oxygens (including phenoxy) is 2. The summed E-state index contributed by atoms with van der Waals surface area (Å²) in [5, 5.41) is 12.5. The number of carbonyl (C=O) groups excluding carboxylic acids is 1. The fraction of sp³-hybridized carbons (Fsp3) is 0.300. The van der Waals surface area contributed by atoms with E-state index in [1.54, 1.807) is 39.4 Å². The number of methoxy groups -OCH3 is 1. The Morgan fingerprint density at radius 2 is 2.07 bits per heavy atom. The number of para-hydroxylation sites is 2. The van der Waals surface area contributed by atoms with E-state index in [1.807, 2.05) is 35.2 Å². The Hall–Kier alpha value is -3.06. The van der Waals surface area contributed by atoms with Crippen LogP contribution < -0.4 is 19.7 Å². The first kappa shape index (κ1) is 18.7. The van der Waals surface area contributed by atoms with Crippen molar-refractivity contribution in [3.63, 3.8) is 0 Å². The number of carbonyl (C=O) groups is 1. The van der Waals surface area contributed by atoms with Crippen LogP contribution in [-0.4, -0.2) is 35.3 Å². The number of nitrogens with zero attached hydrogens (tertiary/aromatic N) is 2. The normalized spacial score (nSPS) is 13.3. The predicted molar refractivity (Wildman–Crippen MR) is 101 cm³/mol. The summed E-state index contributed by atoms with van der Waals surface area (Å²) in [5.41, 5.74) is 0.810. The van der Waals surface area contributed by atoms with Crippen LogP contribution in [0.15, 0.2) is 54.6 Å². The van der Waals surface area contributed by atoms with Gasteiger partial charge in [0.2, 0.25) is 11.6 Å². The molecule has 3 rings (SSSR count). The molecule has 0 atom stereocenters. The van der Waals surface area contributed by atoms with E-state index < -0.39 is 5.60 Å². The molecule has 1 aliphatic rings. The van der Waals surface area contributed by atoms with Crippen molar-refractivity contribution in [2.45, 2.75) is 26.0 Å². The van der Waals surface area contributed by atoms with Crippen molar-refractivity contribution in [3.8, 4) is 11.6 Å². The minimum absolute atomic E-state index is 0.122. The van der Waals surface area contributed by atoms with E-state index in [2.05, 4.69) is 10.3 Å². The highest BCUT2D eigenvalue weighted by molar-refractivity contribution is 5.93. The fourth-order valence-electron chi connectivity index (χ4n) is 2.58. The molecule has 0 spiro atoms. The molecule has 0 aliphatic carbocycles. The van der Waals surface area contributed by atoms with Gasteiger partial charge in [-0.05, 0) is 31.5 Å². The third-order valence-electron chi connectivity index (χ3n) is 3.93. The van der Waals surface area contributed by atoms with E-state index in [-0.39, 0.29) is 18.2 Å². The van der Waals surface area contributed by atoms with Gasteiger partial charge in [0.15, 0.2) is 5.75 Å². The van der Waals surface area contributed by atoms with Gasteiger partial charge in [-0.15, -0.1) is 0 Å². The van der Waals surface area contributed by atoms with Gasteiger partial charge < -0.3 is 24.8 Å². The van der Waals surface area contributed by atoms with Crippen molar-refractivity contribution in [2.24, 2.45) is 0 Å². The lowest BCUT2D eigenvalue weighted by molar-refractivity contribution is -0.120. The average molecular weight is 369 g/mol. The number of hydrogen-bond donors (Lipinski definition) is 2. The molecule has 0 radical (unpaired) electrons. The largest absolute Gasteiger partial charge is 0.481 e. The number of nitrogens with one attached hydrogen (secondary N) is 1. The predicted octanol–water partition coefficient (Wildman–Crippen LogP) is 2.22. The summed E-state index contributed by atoms with van der Waals surface area (Å²) in [4.78, 5) is 18.6. The molecule has 2 N–H and O–H groups in total. The van der Waals surface area contributed by atoms with Gasteiger partial charge in [-0.1, -0.05) is 18.2 Å². The standard InChI is InChI=1S/C20H23N3O4/c1-20(2,25)13-22-19(24)17-12-23(15-6-4-5-7-16(15)27-17)11-14-8-9-18(26-3)21-10-14/h4-10,12,25H,11,13H2,1-3H3,(H,22,24). The van der Waals surface area contributed by atoms with Crippen LogP contribution >= 0.6 is 0 Å². The number of aliphatic hydroxyl groups is 1. The van der Waals surface area contributed by atoms with Gasteiger partial charge in [-0.2, -0.15) is 0 Å². The highest BCUT2D eigenvalue weighted by atomic mass is 16.5. The molecule has 7 nitrogen and oxygen atoms in total. The molecule has 7 heteroatoms. The monoisotopic (exact) mass is 369 g/mol. The van der Waals surface area contributed by atoms with E-state index in [9.17, 15) is 9.90 Å². The molecule has 0 saturated heterocycles. The number of pyridine rings is 1. The van der Waals surface area contributed by atoms with Gasteiger partial charge in [0.05, 0.1) is 24.6 Å². The maximum absolute atomic E-state index is 12.5. The molecule has 0 unspecified atom stereocenters. The maximum Gasteiger partial charge on any atom is 0.288 e. The smallest absolute Gasteiger partial charge is 0.288 e. The first-order chi connectivity index (χ1) is 12.9. The Balaban J connectivity index is 1.83. The lowest BCUT2D eigenvalue weighted by Crippen LogP contribution is -2.40. The number of amides is 1. The molecule has 2 heterocycles. The van der Waals surface area contributed by atoms with Gasteiger partial charge in [0.1, 0.15) is 0 Å². The van der Waals surface area contributed by atoms with E-state index >= 15 is 0 Å². The summed E-state index contributed by atoms with van der Waals surface area (Å²) in [6.45, 7) is 3.89. The highest BCUT2D eigenvalue weighted by Gasteiger charge is 2.24. The molecule has 0 fully saturated rings. The van der Waals surface area contributed by atoms with Crippen LogP contribution in [0.1, 0.15) is 19.4 Å². The van der Waals surface area contributed by atoms with E-state index in [0.29, 0.717) is 18.2 Å². The molecule has 0 saturated carbocycles. The van der Waals surface area contributed by atoms with E-state index in [1.165, 1.54) is 0 Å². The zero-order valence-corrected chi connectivity index (χ0v) is 15.6. The highest BCUT2D eigenvalue weighted by Crippen LogP contribution is 2.34. The van der Waals surface area contributed by atoms with Crippen LogP contribution in [0.3, 0.4) is 0 Å². The van der Waals surface area contributed by atoms with Gasteiger partial charge in [-0.25, -0.2) is 4.98 Å². The molecule has 1 amide bonds. The molecule has 142 valence electrons. The number of anilines is 1. The molecule has 27 heavy (non-hydrogen) atoms. The molecule has 1 aromatic heterocycles. The summed E-state index contributed by atoms with van der Waals surface area (Å²) in [6, 6.07) is 11.2. The first-order valence-electron chi connectivity index (χ1n) is 8.60. The average Bonchev–Trinajstić information content (AvgIpc) is 2.66. The second kappa shape index (κ2) is 7.67. The summed E-state index contributed by atoms with van der Waals surface area (Å²) in [7, 11) is 1.57. The van der Waals surface area contributed by atoms with Crippen molar-refractivity contribution in [1.29, 1.82) is 0 Å². The Morgan fingerprint density at radius 3 is 2.74 bits per heavy atom. The number of fused-ring (bicyclic) bond motifs is 1. The molecular weight excluding hydrogens is 346 g/mol. The third-order valence-corrected chi connectivity index (χ3v) is 3.93. The van der Waals surface area contributed by atoms with Crippen molar-refractivity contribution >= 4 is 11.6 Å². The van der Waals surface area contributed by atoms with Gasteiger partial charge in [-0.3, -0.25) is 4.79 Å². The molecule has 1 aliphatic heterocycles. The molecule has 0 bridgehead atoms. The second-order valence-electron chi connectivity index (χ2n) is 6.89. The summed E-state index contributed by atoms with van der Waals surface area (Å²) >= 11 is 0. The van der Waals surface area contributed by atoms with Crippen molar-refractivity contribution < 1.29 is 19.4 Å². The summed E-state index contributed by atoms with van der Waals surface area (Å²) in [5.74, 6) is 0.919. The SMILES string of the molecule is COc1ccc(CN2C=C(C(=O)NCC(C)(C)O)Oc3ccccc32)cn1. The number of aromatic nitrogens is 1. The lowest BCUT2D eigenvalue weighted by Gasteiger charge is -2.29. The summed E-state index contributed by atoms with van der Waals surface area (Å²) < 4.78 is 10.8. The molecular formula is C20H23N3O4. The van der Waals surface area contributed by atoms with Crippen LogP contribution in [0.4, 0.5) is 5.69 Å². The van der Waals surface area contributed by atoms with Crippen LogP contribution in [0.25, 0.3) is 0 Å². The second-order valence-corrected chi connectivity index (χ2v) is 6.89. The van der Waals surface area contributed by atoms with Crippen LogP contribution in [0, 0.1) is 0 Å². The van der Waals surface area contributed by atoms with Crippen molar-refractivity contribution in [1.82, 2.24) is 10.3 Å². The number of benzene rings is 1. The van der Waals surface area contributed by atoms with Crippen LogP contribution in [-0.2, 0) is 11.3 Å². The molecule has 2 aromatic rings. The third kappa shape index (κ3) is 4.77. The number of rotatable bonds is 6. The quantitative estimate of drug-likeness (QED) is 0.812. The first-order valence-corrected chi connectivity index (χ1v) is 8.60. The lowest BCUT2D eigenvalue weighted by atomic mass is 10.1. The number of hydrogen-bond acceptors (Lipinski definition) is 6. The zero-order chi connectivity index (χ0) is 19.4. The molecule has 1 aromatic carbocycles. The zero-order valence-electron chi connectivity index (χ0n) is 15.6. The Labute approximate surface area is 158 Å². The maximum atomic E-state index is 12.5. The Morgan fingerprint density at radius 1 is 1.30 bits per heavy atom. The Bertz CT molecular complexity index is 841. The fourth-order valence-corrected chi connectivity index (χ4v) is 2.58. The van der Waals surface area contributed by atoms with Gasteiger partial charge >= 0.3 is 0 Å². The minimum atomic E-state index is -1.00. The van der Waals surface area contributed by atoms with E-state index in [0.717, 1.165) is 11.3 Å². The topological polar surface area (TPSA) is 83.9 Å². The van der Waals surface area contributed by atoms with Gasteiger partial charge in [0, 0.05) is 25.4 Å². The van der Waals surface area contributed by atoms with Crippen LogP contribution in [0.5, 0.6) is 11.6 Å². The minimum Gasteiger partial charge on any atom is -0.481 e. The van der Waals surface area contributed by atoms with Gasteiger partial charge in [0.25, 0.3) is 5.91 Å². The Kier molecular flexibility index (Phi) is 5.32. The van der Waals surface area contributed by atoms with Crippen LogP contribution in [0.2, 0.25) is 0 Å². The van der Waals surface area contributed by atoms with Crippen molar-refractivity contribution in [2.75, 3.05) is 18.6 Å². The summed E-state index contributed by atoms with van der Waals surface area (Å²) in [6.07, 6.45) is 3.39. The van der Waals surface area contributed by atoms with Crippen molar-refractivity contribution in [3.05, 3.63) is 60.1 Å². The van der Waals surface area contributed by atoms with E-state index in [4.69, 9.17) is 9.47 Å².